The Labute approximate surface area is 196 Å². The lowest BCUT2D eigenvalue weighted by atomic mass is 10.1. The molecular formula is C23H21F4NO3S2. The van der Waals surface area contributed by atoms with Gasteiger partial charge in [0.05, 0.1) is 11.3 Å². The number of hydrogen-bond acceptors (Lipinski definition) is 5. The van der Waals surface area contributed by atoms with E-state index in [1.54, 1.807) is 19.1 Å². The zero-order valence-corrected chi connectivity index (χ0v) is 19.8. The Kier molecular flexibility index (Phi) is 7.09. The van der Waals surface area contributed by atoms with Crippen LogP contribution in [0.4, 0.5) is 17.6 Å². The smallest absolute Gasteiger partial charge is 0.419 e. The van der Waals surface area contributed by atoms with E-state index in [-0.39, 0.29) is 5.56 Å². The molecule has 0 bridgehead atoms. The second-order valence-electron chi connectivity index (χ2n) is 7.85. The van der Waals surface area contributed by atoms with Crippen LogP contribution in [0.3, 0.4) is 0 Å². The molecule has 1 heterocycles. The molecule has 0 unspecified atom stereocenters. The van der Waals surface area contributed by atoms with Crippen LogP contribution in [-0.2, 0) is 16.7 Å². The van der Waals surface area contributed by atoms with Gasteiger partial charge in [-0.05, 0) is 57.5 Å². The van der Waals surface area contributed by atoms with Crippen molar-refractivity contribution >= 4 is 29.1 Å². The Morgan fingerprint density at radius 3 is 2.45 bits per heavy atom. The predicted molar refractivity (Wildman–Crippen MR) is 120 cm³/mol. The first-order valence-corrected chi connectivity index (χ1v) is 11.6. The highest BCUT2D eigenvalue weighted by Crippen LogP contribution is 2.37. The van der Waals surface area contributed by atoms with E-state index in [9.17, 15) is 27.5 Å². The lowest BCUT2D eigenvalue weighted by Crippen LogP contribution is -2.37. The highest BCUT2D eigenvalue weighted by atomic mass is 32.2. The van der Waals surface area contributed by atoms with Crippen molar-refractivity contribution in [2.45, 2.75) is 50.1 Å². The van der Waals surface area contributed by atoms with E-state index in [1.165, 1.54) is 43.0 Å². The Hall–Kier alpha value is -2.59. The summed E-state index contributed by atoms with van der Waals surface area (Å²) in [5, 5.41) is 9.70. The maximum absolute atomic E-state index is 14.0. The number of alkyl halides is 3. The van der Waals surface area contributed by atoms with Crippen molar-refractivity contribution in [2.75, 3.05) is 0 Å². The van der Waals surface area contributed by atoms with Gasteiger partial charge in [0.25, 0.3) is 0 Å². The summed E-state index contributed by atoms with van der Waals surface area (Å²) in [4.78, 5) is 17.5. The summed E-state index contributed by atoms with van der Waals surface area (Å²) >= 11 is 2.79. The minimum absolute atomic E-state index is 0.285. The molecule has 0 saturated carbocycles. The number of carbonyl (C=O) groups is 1. The van der Waals surface area contributed by atoms with E-state index in [4.69, 9.17) is 4.74 Å². The monoisotopic (exact) mass is 499 g/mol. The topological polar surface area (TPSA) is 59.4 Å². The third kappa shape index (κ3) is 5.86. The first kappa shape index (κ1) is 25.0. The number of rotatable bonds is 7. The second-order valence-corrected chi connectivity index (χ2v) is 9.95. The Bertz CT molecular complexity index is 1190. The van der Waals surface area contributed by atoms with Crippen LogP contribution in [0.5, 0.6) is 5.75 Å². The fourth-order valence-electron chi connectivity index (χ4n) is 2.84. The van der Waals surface area contributed by atoms with Crippen molar-refractivity contribution in [1.29, 1.82) is 0 Å². The van der Waals surface area contributed by atoms with Crippen molar-refractivity contribution in [3.05, 3.63) is 63.9 Å². The molecule has 0 saturated heterocycles. The first-order chi connectivity index (χ1) is 15.3. The molecule has 0 radical (unpaired) electrons. The summed E-state index contributed by atoms with van der Waals surface area (Å²) in [6.45, 7) is 6.64. The molecule has 33 heavy (non-hydrogen) atoms. The van der Waals surface area contributed by atoms with Crippen LogP contribution >= 0.6 is 23.1 Å². The number of benzene rings is 2. The molecule has 0 spiro atoms. The SMILES string of the molecule is Cc1ccc(OC(C)(C)C(=O)O)cc1SCc1sc(-c2ccc(C(F)(F)F)c(F)c2)nc1C. The molecule has 1 aromatic heterocycles. The standard InChI is InChI=1S/C23H21F4NO3S2/c1-12-5-7-15(31-22(3,4)21(29)30)10-18(12)32-11-19-13(2)28-20(33-19)14-6-8-16(17(24)9-14)23(25,26)27/h5-10H,11H2,1-4H3,(H,29,30). The summed E-state index contributed by atoms with van der Waals surface area (Å²) in [7, 11) is 0. The third-order valence-electron chi connectivity index (χ3n) is 4.82. The number of aliphatic carboxylic acids is 1. The largest absolute Gasteiger partial charge is 0.478 e. The van der Waals surface area contributed by atoms with Gasteiger partial charge in [0.1, 0.15) is 16.6 Å². The number of thiazole rings is 1. The number of carboxylic acid groups (broad SMARTS) is 1. The molecule has 0 aliphatic rings. The zero-order valence-electron chi connectivity index (χ0n) is 18.2. The number of halogens is 4. The average molecular weight is 500 g/mol. The van der Waals surface area contributed by atoms with Gasteiger partial charge in [-0.2, -0.15) is 13.2 Å². The zero-order chi connectivity index (χ0) is 24.6. The lowest BCUT2D eigenvalue weighted by molar-refractivity contribution is -0.152. The van der Waals surface area contributed by atoms with E-state index in [1.807, 2.05) is 13.0 Å². The Morgan fingerprint density at radius 1 is 1.15 bits per heavy atom. The van der Waals surface area contributed by atoms with Crippen molar-refractivity contribution < 1.29 is 32.2 Å². The molecule has 1 N–H and O–H groups in total. The van der Waals surface area contributed by atoms with Crippen LogP contribution < -0.4 is 4.74 Å². The molecule has 0 fully saturated rings. The molecule has 3 rings (SSSR count). The number of aryl methyl sites for hydroxylation is 2. The van der Waals surface area contributed by atoms with Crippen LogP contribution in [0.2, 0.25) is 0 Å². The molecule has 2 aromatic carbocycles. The van der Waals surface area contributed by atoms with E-state index >= 15 is 0 Å². The van der Waals surface area contributed by atoms with Gasteiger partial charge in [0.15, 0.2) is 5.60 Å². The van der Waals surface area contributed by atoms with Crippen molar-refractivity contribution in [3.63, 3.8) is 0 Å². The van der Waals surface area contributed by atoms with E-state index in [0.717, 1.165) is 27.5 Å². The van der Waals surface area contributed by atoms with E-state index in [0.29, 0.717) is 22.2 Å². The van der Waals surface area contributed by atoms with Crippen LogP contribution in [-0.4, -0.2) is 21.7 Å². The summed E-state index contributed by atoms with van der Waals surface area (Å²) in [6.07, 6.45) is -4.75. The van der Waals surface area contributed by atoms with Crippen LogP contribution in [0.1, 0.15) is 35.5 Å². The number of aromatic nitrogens is 1. The summed E-state index contributed by atoms with van der Waals surface area (Å²) in [6, 6.07) is 8.12. The highest BCUT2D eigenvalue weighted by molar-refractivity contribution is 7.98. The molecule has 10 heteroatoms. The van der Waals surface area contributed by atoms with Gasteiger partial charge in [0.2, 0.25) is 0 Å². The molecule has 176 valence electrons. The van der Waals surface area contributed by atoms with E-state index < -0.39 is 29.1 Å². The Balaban J connectivity index is 1.78. The quantitative estimate of drug-likeness (QED) is 0.277. The van der Waals surface area contributed by atoms with Gasteiger partial charge in [-0.25, -0.2) is 14.2 Å². The molecule has 0 aliphatic carbocycles. The molecule has 0 aliphatic heterocycles. The van der Waals surface area contributed by atoms with Gasteiger partial charge >= 0.3 is 12.1 Å². The van der Waals surface area contributed by atoms with Crippen molar-refractivity contribution in [3.8, 4) is 16.3 Å². The number of ether oxygens (including phenoxy) is 1. The minimum atomic E-state index is -4.75. The fraction of sp³-hybridized carbons (Fsp3) is 0.304. The maximum atomic E-state index is 14.0. The second kappa shape index (κ2) is 9.34. The molecule has 0 amide bonds. The van der Waals surface area contributed by atoms with Crippen molar-refractivity contribution in [1.82, 2.24) is 4.98 Å². The predicted octanol–water partition coefficient (Wildman–Crippen LogP) is 7.12. The Morgan fingerprint density at radius 2 is 1.85 bits per heavy atom. The number of thioether (sulfide) groups is 1. The summed E-state index contributed by atoms with van der Waals surface area (Å²) in [5.41, 5.74) is -0.712. The molecule has 3 aromatic rings. The highest BCUT2D eigenvalue weighted by Gasteiger charge is 2.34. The van der Waals surface area contributed by atoms with Crippen molar-refractivity contribution in [2.24, 2.45) is 0 Å². The van der Waals surface area contributed by atoms with Gasteiger partial charge < -0.3 is 9.84 Å². The third-order valence-corrected chi connectivity index (χ3v) is 7.39. The number of carboxylic acids is 1. The van der Waals surface area contributed by atoms with Crippen LogP contribution in [0, 0.1) is 19.7 Å². The van der Waals surface area contributed by atoms with Gasteiger partial charge in [-0.15, -0.1) is 23.1 Å². The summed E-state index contributed by atoms with van der Waals surface area (Å²) in [5.74, 6) is -1.46. The van der Waals surface area contributed by atoms with Crippen LogP contribution in [0.15, 0.2) is 41.3 Å². The summed E-state index contributed by atoms with van der Waals surface area (Å²) < 4.78 is 58.0. The van der Waals surface area contributed by atoms with E-state index in [2.05, 4.69) is 4.98 Å². The van der Waals surface area contributed by atoms with Gasteiger partial charge in [0, 0.05) is 21.1 Å². The molecule has 0 atom stereocenters. The van der Waals surface area contributed by atoms with Gasteiger partial charge in [-0.1, -0.05) is 12.1 Å². The minimum Gasteiger partial charge on any atom is -0.478 e. The average Bonchev–Trinajstić information content (AvgIpc) is 3.07. The first-order valence-electron chi connectivity index (χ1n) is 9.77. The number of hydrogen-bond donors (Lipinski definition) is 1. The maximum Gasteiger partial charge on any atom is 0.419 e. The fourth-order valence-corrected chi connectivity index (χ4v) is 5.10. The normalized spacial score (nSPS) is 12.1. The molecular weight excluding hydrogens is 478 g/mol. The van der Waals surface area contributed by atoms with Gasteiger partial charge in [-0.3, -0.25) is 0 Å². The number of nitrogens with zero attached hydrogens (tertiary/aromatic N) is 1. The van der Waals surface area contributed by atoms with Crippen LogP contribution in [0.25, 0.3) is 10.6 Å². The molecule has 4 nitrogen and oxygen atoms in total. The lowest BCUT2D eigenvalue weighted by Gasteiger charge is -2.22.